The summed E-state index contributed by atoms with van der Waals surface area (Å²) in [6.45, 7) is 3.41. The molecule has 0 N–H and O–H groups in total. The highest BCUT2D eigenvalue weighted by atomic mass is 32.2. The lowest BCUT2D eigenvalue weighted by atomic mass is 9.95. The largest absolute Gasteiger partial charge is 0.573 e. The highest BCUT2D eigenvalue weighted by Crippen LogP contribution is 2.41. The molecule has 7 nitrogen and oxygen atoms in total. The SMILES string of the molecule is Cc1cc(OC(F)(F)F)ccc1S(=O)(=O)N1CCN2C(=O)c3cccnc3C2(C)C1. The van der Waals surface area contributed by atoms with Crippen molar-refractivity contribution in [1.82, 2.24) is 14.2 Å². The standard InChI is InChI=1S/C19H18F3N3O4S/c1-12-10-13(29-19(20,21)22)5-6-15(12)30(27,28)24-8-9-25-17(26)14-4-3-7-23-16(14)18(25,2)11-24/h3-7,10H,8-9,11H2,1-2H3. The summed E-state index contributed by atoms with van der Waals surface area (Å²) in [6, 6.07) is 6.43. The number of alkyl halides is 3. The second kappa shape index (κ2) is 6.67. The minimum atomic E-state index is -4.87. The highest BCUT2D eigenvalue weighted by molar-refractivity contribution is 7.89. The van der Waals surface area contributed by atoms with E-state index in [4.69, 9.17) is 0 Å². The van der Waals surface area contributed by atoms with E-state index in [1.54, 1.807) is 30.2 Å². The minimum absolute atomic E-state index is 0.00860. The predicted molar refractivity (Wildman–Crippen MR) is 99.2 cm³/mol. The number of aryl methyl sites for hydroxylation is 1. The van der Waals surface area contributed by atoms with E-state index in [2.05, 4.69) is 9.72 Å². The van der Waals surface area contributed by atoms with Crippen molar-refractivity contribution in [1.29, 1.82) is 0 Å². The van der Waals surface area contributed by atoms with Crippen molar-refractivity contribution in [2.24, 2.45) is 0 Å². The molecule has 1 aromatic carbocycles. The van der Waals surface area contributed by atoms with Gasteiger partial charge in [0.15, 0.2) is 0 Å². The van der Waals surface area contributed by atoms with Gasteiger partial charge in [-0.3, -0.25) is 9.78 Å². The lowest BCUT2D eigenvalue weighted by Crippen LogP contribution is -2.58. The fraction of sp³-hybridized carbons (Fsp3) is 0.368. The van der Waals surface area contributed by atoms with E-state index < -0.39 is 27.7 Å². The number of nitrogens with zero attached hydrogens (tertiary/aromatic N) is 3. The van der Waals surface area contributed by atoms with Gasteiger partial charge in [-0.2, -0.15) is 4.31 Å². The molecule has 1 unspecified atom stereocenters. The molecule has 0 saturated carbocycles. The van der Waals surface area contributed by atoms with E-state index in [9.17, 15) is 26.4 Å². The lowest BCUT2D eigenvalue weighted by Gasteiger charge is -2.44. The zero-order chi connectivity index (χ0) is 21.9. The quantitative estimate of drug-likeness (QED) is 0.732. The van der Waals surface area contributed by atoms with Gasteiger partial charge in [-0.05, 0) is 49.7 Å². The Morgan fingerprint density at radius 3 is 2.60 bits per heavy atom. The molecule has 0 bridgehead atoms. The molecule has 0 aliphatic carbocycles. The average molecular weight is 441 g/mol. The number of halogens is 3. The minimum Gasteiger partial charge on any atom is -0.406 e. The summed E-state index contributed by atoms with van der Waals surface area (Å²) >= 11 is 0. The number of rotatable bonds is 3. The van der Waals surface area contributed by atoms with Crippen LogP contribution in [-0.4, -0.2) is 54.5 Å². The van der Waals surface area contributed by atoms with Crippen LogP contribution in [0.5, 0.6) is 5.75 Å². The van der Waals surface area contributed by atoms with Gasteiger partial charge in [0.05, 0.1) is 21.7 Å². The van der Waals surface area contributed by atoms with Gasteiger partial charge < -0.3 is 9.64 Å². The maximum absolute atomic E-state index is 13.3. The number of carbonyl (C=O) groups is 1. The number of pyridine rings is 1. The predicted octanol–water partition coefficient (Wildman–Crippen LogP) is 2.66. The summed E-state index contributed by atoms with van der Waals surface area (Å²) in [5, 5.41) is 0. The van der Waals surface area contributed by atoms with E-state index in [0.29, 0.717) is 11.3 Å². The molecule has 0 radical (unpaired) electrons. The number of fused-ring (bicyclic) bond motifs is 3. The number of hydrogen-bond acceptors (Lipinski definition) is 5. The van der Waals surface area contributed by atoms with Crippen LogP contribution < -0.4 is 4.74 Å². The van der Waals surface area contributed by atoms with Crippen molar-refractivity contribution in [2.45, 2.75) is 30.6 Å². The van der Waals surface area contributed by atoms with Crippen LogP contribution in [0.2, 0.25) is 0 Å². The van der Waals surface area contributed by atoms with E-state index in [0.717, 1.165) is 18.2 Å². The molecule has 2 aliphatic rings. The third-order valence-electron chi connectivity index (χ3n) is 5.44. The third kappa shape index (κ3) is 3.21. The number of benzene rings is 1. The van der Waals surface area contributed by atoms with Gasteiger partial charge in [-0.15, -0.1) is 13.2 Å². The summed E-state index contributed by atoms with van der Waals surface area (Å²) in [7, 11) is -4.02. The van der Waals surface area contributed by atoms with E-state index in [1.165, 1.54) is 11.2 Å². The lowest BCUT2D eigenvalue weighted by molar-refractivity contribution is -0.274. The Hall–Kier alpha value is -2.66. The van der Waals surface area contributed by atoms with E-state index in [1.807, 2.05) is 0 Å². The third-order valence-corrected chi connectivity index (χ3v) is 7.45. The Labute approximate surface area is 171 Å². The van der Waals surface area contributed by atoms with Crippen LogP contribution in [0, 0.1) is 6.92 Å². The summed E-state index contributed by atoms with van der Waals surface area (Å²) in [5.41, 5.74) is 0.168. The first-order valence-electron chi connectivity index (χ1n) is 9.07. The molecule has 1 saturated heterocycles. The Kier molecular flexibility index (Phi) is 4.58. The molecule has 1 amide bonds. The molecule has 2 aliphatic heterocycles. The molecule has 1 fully saturated rings. The second-order valence-electron chi connectivity index (χ2n) is 7.44. The van der Waals surface area contributed by atoms with Gasteiger partial charge in [-0.25, -0.2) is 8.42 Å². The smallest absolute Gasteiger partial charge is 0.406 e. The van der Waals surface area contributed by atoms with E-state index in [-0.39, 0.29) is 36.0 Å². The molecule has 11 heteroatoms. The first-order valence-corrected chi connectivity index (χ1v) is 10.5. The van der Waals surface area contributed by atoms with Crippen molar-refractivity contribution in [3.8, 4) is 5.75 Å². The molecule has 3 heterocycles. The Morgan fingerprint density at radius 1 is 1.20 bits per heavy atom. The number of sulfonamides is 1. The van der Waals surface area contributed by atoms with Crippen molar-refractivity contribution in [2.75, 3.05) is 19.6 Å². The second-order valence-corrected chi connectivity index (χ2v) is 9.35. The molecular formula is C19H18F3N3O4S. The van der Waals surface area contributed by atoms with Crippen LogP contribution in [0.25, 0.3) is 0 Å². The van der Waals surface area contributed by atoms with Gasteiger partial charge in [0, 0.05) is 25.8 Å². The van der Waals surface area contributed by atoms with Crippen LogP contribution >= 0.6 is 0 Å². The summed E-state index contributed by atoms with van der Waals surface area (Å²) < 4.78 is 68.9. The van der Waals surface area contributed by atoms with Crippen LogP contribution in [0.3, 0.4) is 0 Å². The molecule has 30 heavy (non-hydrogen) atoms. The molecular weight excluding hydrogens is 423 g/mol. The summed E-state index contributed by atoms with van der Waals surface area (Å²) in [6.07, 6.45) is -3.31. The first-order chi connectivity index (χ1) is 13.9. The molecule has 4 rings (SSSR count). The number of amides is 1. The number of carbonyl (C=O) groups excluding carboxylic acids is 1. The zero-order valence-corrected chi connectivity index (χ0v) is 16.9. The average Bonchev–Trinajstić information content (AvgIpc) is 2.88. The number of hydrogen-bond donors (Lipinski definition) is 0. The van der Waals surface area contributed by atoms with E-state index >= 15 is 0 Å². The Balaban J connectivity index is 1.66. The number of piperazine rings is 1. The Morgan fingerprint density at radius 2 is 1.93 bits per heavy atom. The molecule has 160 valence electrons. The molecule has 0 spiro atoms. The van der Waals surface area contributed by atoms with Gasteiger partial charge in [0.25, 0.3) is 5.91 Å². The maximum atomic E-state index is 13.3. The normalized spacial score (nSPS) is 22.0. The Bertz CT molecular complexity index is 1140. The highest BCUT2D eigenvalue weighted by Gasteiger charge is 2.52. The fourth-order valence-electron chi connectivity index (χ4n) is 4.10. The first kappa shape index (κ1) is 20.6. The zero-order valence-electron chi connectivity index (χ0n) is 16.1. The summed E-state index contributed by atoms with van der Waals surface area (Å²) in [4.78, 5) is 18.5. The monoisotopic (exact) mass is 441 g/mol. The van der Waals surface area contributed by atoms with Crippen LogP contribution in [-0.2, 0) is 15.6 Å². The van der Waals surface area contributed by atoms with Crippen molar-refractivity contribution in [3.63, 3.8) is 0 Å². The molecule has 2 aromatic rings. The van der Waals surface area contributed by atoms with Gasteiger partial charge in [-0.1, -0.05) is 0 Å². The molecule has 1 aromatic heterocycles. The van der Waals surface area contributed by atoms with Gasteiger partial charge in [0.2, 0.25) is 10.0 Å². The molecule has 1 atom stereocenters. The number of aromatic nitrogens is 1. The summed E-state index contributed by atoms with van der Waals surface area (Å²) in [5.74, 6) is -0.683. The van der Waals surface area contributed by atoms with Gasteiger partial charge >= 0.3 is 6.36 Å². The van der Waals surface area contributed by atoms with Gasteiger partial charge in [0.1, 0.15) is 5.75 Å². The van der Waals surface area contributed by atoms with Crippen LogP contribution in [0.4, 0.5) is 13.2 Å². The van der Waals surface area contributed by atoms with Crippen LogP contribution in [0.15, 0.2) is 41.4 Å². The number of ether oxygens (including phenoxy) is 1. The van der Waals surface area contributed by atoms with Crippen molar-refractivity contribution >= 4 is 15.9 Å². The van der Waals surface area contributed by atoms with Crippen LogP contribution in [0.1, 0.15) is 28.5 Å². The fourth-order valence-corrected chi connectivity index (χ4v) is 5.83. The topological polar surface area (TPSA) is 79.8 Å². The maximum Gasteiger partial charge on any atom is 0.573 e. The van der Waals surface area contributed by atoms with Crippen molar-refractivity contribution < 1.29 is 31.1 Å². The van der Waals surface area contributed by atoms with Crippen molar-refractivity contribution in [3.05, 3.63) is 53.3 Å².